The van der Waals surface area contributed by atoms with Crippen LogP contribution in [0, 0.1) is 6.92 Å². The first-order valence-electron chi connectivity index (χ1n) is 8.33. The first-order chi connectivity index (χ1) is 11.6. The van der Waals surface area contributed by atoms with Crippen LogP contribution in [0.4, 0.5) is 0 Å². The van der Waals surface area contributed by atoms with Gasteiger partial charge in [-0.2, -0.15) is 0 Å². The normalized spacial score (nSPS) is 11.7. The number of aromatic nitrogens is 2. The van der Waals surface area contributed by atoms with E-state index >= 15 is 0 Å². The van der Waals surface area contributed by atoms with Gasteiger partial charge in [0.15, 0.2) is 11.8 Å². The van der Waals surface area contributed by atoms with Gasteiger partial charge in [0.25, 0.3) is 0 Å². The molecule has 1 aromatic carbocycles. The van der Waals surface area contributed by atoms with Crippen LogP contribution in [-0.4, -0.2) is 4.98 Å². The second-order valence-corrected chi connectivity index (χ2v) is 6.67. The number of aryl methyl sites for hydroxylation is 2. The zero-order chi connectivity index (χ0) is 16.8. The van der Waals surface area contributed by atoms with Crippen molar-refractivity contribution >= 4 is 21.9 Å². The van der Waals surface area contributed by atoms with Crippen molar-refractivity contribution < 1.29 is 8.98 Å². The smallest absolute Gasteiger partial charge is 0.214 e. The van der Waals surface area contributed by atoms with Crippen LogP contribution in [0.2, 0.25) is 0 Å². The highest BCUT2D eigenvalue weighted by Gasteiger charge is 2.21. The SMILES string of the molecule is Cc1ncc2oc3ccccc3c2c1-c1ccc(C(C)C)c[n+]1C. The van der Waals surface area contributed by atoms with E-state index in [9.17, 15) is 0 Å². The number of benzene rings is 1. The van der Waals surface area contributed by atoms with Gasteiger partial charge in [-0.3, -0.25) is 4.98 Å². The fourth-order valence-corrected chi connectivity index (χ4v) is 3.36. The summed E-state index contributed by atoms with van der Waals surface area (Å²) < 4.78 is 8.19. The van der Waals surface area contributed by atoms with E-state index in [2.05, 4.69) is 67.8 Å². The zero-order valence-electron chi connectivity index (χ0n) is 14.5. The Kier molecular flexibility index (Phi) is 3.38. The van der Waals surface area contributed by atoms with E-state index in [1.807, 2.05) is 18.3 Å². The molecule has 0 atom stereocenters. The maximum absolute atomic E-state index is 6.00. The third-order valence-electron chi connectivity index (χ3n) is 4.69. The average Bonchev–Trinajstić information content (AvgIpc) is 2.94. The summed E-state index contributed by atoms with van der Waals surface area (Å²) in [6.45, 7) is 6.49. The zero-order valence-corrected chi connectivity index (χ0v) is 14.5. The number of rotatable bonds is 2. The summed E-state index contributed by atoms with van der Waals surface area (Å²) in [6, 6.07) is 12.6. The van der Waals surface area contributed by atoms with Crippen LogP contribution in [0.3, 0.4) is 0 Å². The molecule has 0 spiro atoms. The lowest BCUT2D eigenvalue weighted by Gasteiger charge is -2.08. The number of furan rings is 1. The van der Waals surface area contributed by atoms with Crippen LogP contribution in [0.5, 0.6) is 0 Å². The Labute approximate surface area is 141 Å². The predicted molar refractivity (Wildman–Crippen MR) is 97.0 cm³/mol. The molecule has 0 aliphatic carbocycles. The minimum absolute atomic E-state index is 0.509. The number of hydrogen-bond donors (Lipinski definition) is 0. The van der Waals surface area contributed by atoms with Crippen LogP contribution in [-0.2, 0) is 7.05 Å². The van der Waals surface area contributed by atoms with E-state index in [0.717, 1.165) is 38.9 Å². The van der Waals surface area contributed by atoms with Crippen molar-refractivity contribution in [3.63, 3.8) is 0 Å². The molecule has 0 bridgehead atoms. The molecule has 0 amide bonds. The van der Waals surface area contributed by atoms with Crippen molar-refractivity contribution in [1.82, 2.24) is 4.98 Å². The van der Waals surface area contributed by atoms with Gasteiger partial charge < -0.3 is 4.42 Å². The Hall–Kier alpha value is -2.68. The van der Waals surface area contributed by atoms with Crippen LogP contribution < -0.4 is 4.57 Å². The van der Waals surface area contributed by atoms with Gasteiger partial charge in [-0.1, -0.05) is 32.0 Å². The third-order valence-corrected chi connectivity index (χ3v) is 4.69. The summed E-state index contributed by atoms with van der Waals surface area (Å²) in [5.41, 5.74) is 6.39. The molecule has 0 N–H and O–H groups in total. The maximum atomic E-state index is 6.00. The molecular weight excluding hydrogens is 296 g/mol. The van der Waals surface area contributed by atoms with Gasteiger partial charge in [-0.25, -0.2) is 4.57 Å². The molecule has 3 aromatic heterocycles. The maximum Gasteiger partial charge on any atom is 0.214 e. The Morgan fingerprint density at radius 3 is 2.58 bits per heavy atom. The van der Waals surface area contributed by atoms with E-state index < -0.39 is 0 Å². The highest BCUT2D eigenvalue weighted by molar-refractivity contribution is 6.11. The Morgan fingerprint density at radius 1 is 1.04 bits per heavy atom. The number of fused-ring (bicyclic) bond motifs is 3. The quantitative estimate of drug-likeness (QED) is 0.492. The average molecular weight is 317 g/mol. The van der Waals surface area contributed by atoms with Crippen molar-refractivity contribution in [1.29, 1.82) is 0 Å². The molecule has 120 valence electrons. The molecule has 0 aliphatic heterocycles. The molecule has 0 radical (unpaired) electrons. The lowest BCUT2D eigenvalue weighted by Crippen LogP contribution is -2.31. The number of nitrogens with zero attached hydrogens (tertiary/aromatic N) is 2. The molecule has 3 heterocycles. The third kappa shape index (κ3) is 2.20. The Balaban J connectivity index is 2.08. The topological polar surface area (TPSA) is 29.9 Å². The molecule has 3 nitrogen and oxygen atoms in total. The highest BCUT2D eigenvalue weighted by atomic mass is 16.3. The lowest BCUT2D eigenvalue weighted by molar-refractivity contribution is -0.660. The van der Waals surface area contributed by atoms with Gasteiger partial charge in [-0.05, 0) is 25.0 Å². The van der Waals surface area contributed by atoms with Crippen molar-refractivity contribution in [2.45, 2.75) is 26.7 Å². The van der Waals surface area contributed by atoms with Gasteiger partial charge in [0.05, 0.1) is 17.5 Å². The molecule has 3 heteroatoms. The summed E-state index contributed by atoms with van der Waals surface area (Å²) in [7, 11) is 2.10. The molecule has 0 aliphatic rings. The summed E-state index contributed by atoms with van der Waals surface area (Å²) in [4.78, 5) is 4.57. The van der Waals surface area contributed by atoms with Crippen LogP contribution in [0.25, 0.3) is 33.2 Å². The Bertz CT molecular complexity index is 1060. The number of pyridine rings is 2. The summed E-state index contributed by atoms with van der Waals surface area (Å²) in [5.74, 6) is 0.509. The second-order valence-electron chi connectivity index (χ2n) is 6.67. The largest absolute Gasteiger partial charge is 0.454 e. The van der Waals surface area contributed by atoms with Crippen LogP contribution in [0.15, 0.2) is 53.2 Å². The second kappa shape index (κ2) is 5.45. The van der Waals surface area contributed by atoms with Gasteiger partial charge in [0.1, 0.15) is 12.6 Å². The minimum Gasteiger partial charge on any atom is -0.454 e. The first-order valence-corrected chi connectivity index (χ1v) is 8.33. The van der Waals surface area contributed by atoms with Gasteiger partial charge >= 0.3 is 0 Å². The monoisotopic (exact) mass is 317 g/mol. The van der Waals surface area contributed by atoms with Gasteiger partial charge in [0.2, 0.25) is 5.69 Å². The van der Waals surface area contributed by atoms with E-state index in [0.29, 0.717) is 5.92 Å². The van der Waals surface area contributed by atoms with Crippen molar-refractivity contribution in [3.05, 3.63) is 60.0 Å². The molecular formula is C21H21N2O+. The fraction of sp³-hybridized carbons (Fsp3) is 0.238. The van der Waals surface area contributed by atoms with Crippen molar-refractivity contribution in [3.8, 4) is 11.3 Å². The van der Waals surface area contributed by atoms with Gasteiger partial charge in [-0.15, -0.1) is 0 Å². The Morgan fingerprint density at radius 2 is 1.83 bits per heavy atom. The molecule has 0 unspecified atom stereocenters. The van der Waals surface area contributed by atoms with E-state index in [-0.39, 0.29) is 0 Å². The minimum atomic E-state index is 0.509. The first kappa shape index (κ1) is 14.9. The highest BCUT2D eigenvalue weighted by Crippen LogP contribution is 2.36. The fourth-order valence-electron chi connectivity index (χ4n) is 3.36. The van der Waals surface area contributed by atoms with Crippen LogP contribution >= 0.6 is 0 Å². The summed E-state index contributed by atoms with van der Waals surface area (Å²) >= 11 is 0. The molecule has 0 saturated heterocycles. The van der Waals surface area contributed by atoms with Gasteiger partial charge in [0, 0.05) is 22.4 Å². The molecule has 4 aromatic rings. The number of para-hydroxylation sites is 1. The van der Waals surface area contributed by atoms with Crippen molar-refractivity contribution in [2.75, 3.05) is 0 Å². The summed E-state index contributed by atoms with van der Waals surface area (Å²) in [5, 5.41) is 2.28. The molecule has 0 saturated carbocycles. The molecule has 0 fully saturated rings. The molecule has 24 heavy (non-hydrogen) atoms. The van der Waals surface area contributed by atoms with E-state index in [1.165, 1.54) is 5.56 Å². The van der Waals surface area contributed by atoms with E-state index in [4.69, 9.17) is 4.42 Å². The van der Waals surface area contributed by atoms with E-state index in [1.54, 1.807) is 0 Å². The summed E-state index contributed by atoms with van der Waals surface area (Å²) in [6.07, 6.45) is 4.04. The lowest BCUT2D eigenvalue weighted by atomic mass is 10.00. The predicted octanol–water partition coefficient (Wildman–Crippen LogP) is 4.90. The standard InChI is InChI=1S/C21H21N2O/c1-13(2)15-9-10-17(23(4)12-15)20-14(3)22-11-19-21(20)16-7-5-6-8-18(16)24-19/h5-13H,1-4H3/q+1. The number of hydrogen-bond acceptors (Lipinski definition) is 2. The van der Waals surface area contributed by atoms with Crippen molar-refractivity contribution in [2.24, 2.45) is 7.05 Å². The molecule has 4 rings (SSSR count). The van der Waals surface area contributed by atoms with Crippen LogP contribution in [0.1, 0.15) is 31.0 Å².